The fourth-order valence-electron chi connectivity index (χ4n) is 0.880. The Morgan fingerprint density at radius 1 is 1.38 bits per heavy atom. The van der Waals surface area contributed by atoms with Gasteiger partial charge < -0.3 is 0 Å². The van der Waals surface area contributed by atoms with Crippen molar-refractivity contribution in [1.29, 1.82) is 0 Å². The van der Waals surface area contributed by atoms with Crippen molar-refractivity contribution in [3.63, 3.8) is 0 Å². The lowest BCUT2D eigenvalue weighted by atomic mass is 10.3. The molecule has 0 atom stereocenters. The fraction of sp³-hybridized carbons (Fsp3) is 0.857. The number of thioether (sulfide) groups is 1. The zero-order valence-electron chi connectivity index (χ0n) is 7.61. The van der Waals surface area contributed by atoms with Crippen molar-refractivity contribution in [3.05, 3.63) is 0 Å². The van der Waals surface area contributed by atoms with Crippen molar-refractivity contribution in [3.8, 4) is 0 Å². The summed E-state index contributed by atoms with van der Waals surface area (Å²) in [5.74, 6) is 1.82. The van der Waals surface area contributed by atoms with E-state index >= 15 is 0 Å². The molecule has 1 heterocycles. The van der Waals surface area contributed by atoms with Gasteiger partial charge in [0.15, 0.2) is 0 Å². The van der Waals surface area contributed by atoms with Crippen LogP contribution in [0.3, 0.4) is 0 Å². The minimum Gasteiger partial charge on any atom is -0.224 e. The summed E-state index contributed by atoms with van der Waals surface area (Å²) in [6, 6.07) is 0. The molecule has 1 aromatic heterocycles. The second kappa shape index (κ2) is 6.21. The lowest BCUT2D eigenvalue weighted by Gasteiger charge is -1.98. The van der Waals surface area contributed by atoms with E-state index in [1.54, 1.807) is 16.4 Å². The smallest absolute Gasteiger partial charge is 0.209 e. The summed E-state index contributed by atoms with van der Waals surface area (Å²) in [6.07, 6.45) is 3.45. The molecule has 1 aromatic rings. The maximum Gasteiger partial charge on any atom is 0.209 e. The normalized spacial score (nSPS) is 10.6. The number of unbranched alkanes of at least 4 members (excludes halogenated alkanes) is 2. The lowest BCUT2D eigenvalue weighted by Crippen LogP contribution is -1.93. The summed E-state index contributed by atoms with van der Waals surface area (Å²) in [7, 11) is 1.85. The Morgan fingerprint density at radius 2 is 2.23 bits per heavy atom. The van der Waals surface area contributed by atoms with Crippen molar-refractivity contribution in [2.24, 2.45) is 7.05 Å². The van der Waals surface area contributed by atoms with Crippen molar-refractivity contribution in [2.45, 2.75) is 24.4 Å². The first-order valence-electron chi connectivity index (χ1n) is 4.25. The molecule has 0 aliphatic carbocycles. The molecule has 0 unspecified atom stereocenters. The van der Waals surface area contributed by atoms with Crippen LogP contribution in [0.25, 0.3) is 0 Å². The summed E-state index contributed by atoms with van der Waals surface area (Å²) < 4.78 is 1.69. The quantitative estimate of drug-likeness (QED) is 0.416. The van der Waals surface area contributed by atoms with Crippen LogP contribution in [0.15, 0.2) is 5.16 Å². The van der Waals surface area contributed by atoms with Crippen LogP contribution in [0, 0.1) is 0 Å². The number of hydrogen-bond donors (Lipinski definition) is 0. The van der Waals surface area contributed by atoms with Gasteiger partial charge in [0.2, 0.25) is 5.16 Å². The van der Waals surface area contributed by atoms with E-state index in [2.05, 4.69) is 15.5 Å². The van der Waals surface area contributed by atoms with Crippen LogP contribution in [0.4, 0.5) is 0 Å². The third kappa shape index (κ3) is 3.95. The predicted octanol–water partition coefficient (Wildman–Crippen LogP) is 1.71. The topological polar surface area (TPSA) is 43.6 Å². The van der Waals surface area contributed by atoms with Crippen molar-refractivity contribution >= 4 is 23.4 Å². The Morgan fingerprint density at radius 3 is 2.85 bits per heavy atom. The molecular weight excluding hydrogens is 208 g/mol. The Labute approximate surface area is 87.0 Å². The minimum absolute atomic E-state index is 0.760. The molecule has 74 valence electrons. The zero-order valence-corrected chi connectivity index (χ0v) is 9.18. The van der Waals surface area contributed by atoms with Crippen LogP contribution in [-0.2, 0) is 7.05 Å². The molecule has 0 spiro atoms. The molecule has 13 heavy (non-hydrogen) atoms. The molecule has 0 radical (unpaired) electrons. The predicted molar refractivity (Wildman–Crippen MR) is 54.1 cm³/mol. The van der Waals surface area contributed by atoms with E-state index in [0.717, 1.165) is 23.2 Å². The van der Waals surface area contributed by atoms with Gasteiger partial charge in [0.25, 0.3) is 0 Å². The van der Waals surface area contributed by atoms with Gasteiger partial charge in [-0.3, -0.25) is 0 Å². The Kier molecular flexibility index (Phi) is 5.15. The highest BCUT2D eigenvalue weighted by molar-refractivity contribution is 7.99. The van der Waals surface area contributed by atoms with Crippen molar-refractivity contribution < 1.29 is 0 Å². The van der Waals surface area contributed by atoms with E-state index in [9.17, 15) is 0 Å². The highest BCUT2D eigenvalue weighted by atomic mass is 35.5. The van der Waals surface area contributed by atoms with Crippen LogP contribution in [-0.4, -0.2) is 31.8 Å². The number of aromatic nitrogens is 4. The summed E-state index contributed by atoms with van der Waals surface area (Å²) in [5.41, 5.74) is 0. The molecule has 0 N–H and O–H groups in total. The lowest BCUT2D eigenvalue weighted by molar-refractivity contribution is 0.664. The third-order valence-corrected chi connectivity index (χ3v) is 2.95. The van der Waals surface area contributed by atoms with Crippen LogP contribution >= 0.6 is 23.4 Å². The van der Waals surface area contributed by atoms with Gasteiger partial charge in [-0.25, -0.2) is 4.68 Å². The van der Waals surface area contributed by atoms with Gasteiger partial charge in [-0.1, -0.05) is 18.2 Å². The Bertz CT molecular complexity index is 240. The number of aryl methyl sites for hydroxylation is 1. The van der Waals surface area contributed by atoms with E-state index in [1.165, 1.54) is 12.8 Å². The van der Waals surface area contributed by atoms with Crippen LogP contribution in [0.2, 0.25) is 0 Å². The first kappa shape index (κ1) is 10.8. The maximum absolute atomic E-state index is 5.56. The molecule has 0 aliphatic rings. The molecule has 4 nitrogen and oxygen atoms in total. The average Bonchev–Trinajstić information content (AvgIpc) is 2.52. The molecule has 0 aliphatic heterocycles. The molecule has 0 bridgehead atoms. The first-order valence-corrected chi connectivity index (χ1v) is 5.77. The number of nitrogens with zero attached hydrogens (tertiary/aromatic N) is 4. The molecule has 0 fully saturated rings. The standard InChI is InChI=1S/C7H13ClN4S/c1-12-7(9-10-11-12)13-6-4-2-3-5-8/h2-6H2,1H3. The molecule has 0 saturated carbocycles. The molecule has 0 saturated heterocycles. The zero-order chi connectivity index (χ0) is 9.52. The van der Waals surface area contributed by atoms with Crippen molar-refractivity contribution in [2.75, 3.05) is 11.6 Å². The van der Waals surface area contributed by atoms with Gasteiger partial charge in [0, 0.05) is 18.7 Å². The van der Waals surface area contributed by atoms with Gasteiger partial charge in [-0.15, -0.1) is 16.7 Å². The highest BCUT2D eigenvalue weighted by Gasteiger charge is 2.01. The fourth-order valence-corrected chi connectivity index (χ4v) is 1.92. The third-order valence-electron chi connectivity index (χ3n) is 1.59. The van der Waals surface area contributed by atoms with Crippen LogP contribution in [0.1, 0.15) is 19.3 Å². The molecule has 6 heteroatoms. The van der Waals surface area contributed by atoms with E-state index in [4.69, 9.17) is 11.6 Å². The van der Waals surface area contributed by atoms with E-state index < -0.39 is 0 Å². The molecule has 0 aromatic carbocycles. The number of hydrogen-bond acceptors (Lipinski definition) is 4. The van der Waals surface area contributed by atoms with Gasteiger partial charge in [0.1, 0.15) is 0 Å². The Hall–Kier alpha value is -0.290. The van der Waals surface area contributed by atoms with Crippen molar-refractivity contribution in [1.82, 2.24) is 20.2 Å². The van der Waals surface area contributed by atoms with E-state index in [1.807, 2.05) is 7.05 Å². The number of alkyl halides is 1. The van der Waals surface area contributed by atoms with E-state index in [0.29, 0.717) is 0 Å². The molecule has 0 amide bonds. The summed E-state index contributed by atoms with van der Waals surface area (Å²) >= 11 is 7.25. The van der Waals surface area contributed by atoms with Crippen LogP contribution < -0.4 is 0 Å². The average molecular weight is 221 g/mol. The highest BCUT2D eigenvalue weighted by Crippen LogP contribution is 2.14. The SMILES string of the molecule is Cn1nnnc1SCCCCCCl. The molecular formula is C7H13ClN4S. The number of rotatable bonds is 6. The van der Waals surface area contributed by atoms with E-state index in [-0.39, 0.29) is 0 Å². The van der Waals surface area contributed by atoms with Crippen LogP contribution in [0.5, 0.6) is 0 Å². The second-order valence-electron chi connectivity index (χ2n) is 2.68. The number of halogens is 1. The second-order valence-corrected chi connectivity index (χ2v) is 4.12. The largest absolute Gasteiger partial charge is 0.224 e. The van der Waals surface area contributed by atoms with Gasteiger partial charge in [-0.2, -0.15) is 0 Å². The van der Waals surface area contributed by atoms with Gasteiger partial charge >= 0.3 is 0 Å². The summed E-state index contributed by atoms with van der Waals surface area (Å²) in [5, 5.41) is 12.1. The summed E-state index contributed by atoms with van der Waals surface area (Å²) in [4.78, 5) is 0. The molecule has 1 rings (SSSR count). The maximum atomic E-state index is 5.56. The monoisotopic (exact) mass is 220 g/mol. The van der Waals surface area contributed by atoms with Gasteiger partial charge in [0.05, 0.1) is 0 Å². The minimum atomic E-state index is 0.760. The summed E-state index contributed by atoms with van der Waals surface area (Å²) in [6.45, 7) is 0. The first-order chi connectivity index (χ1) is 6.34. The number of tetrazole rings is 1. The van der Waals surface area contributed by atoms with Gasteiger partial charge in [-0.05, 0) is 23.3 Å². The Balaban J connectivity index is 2.10.